The lowest BCUT2D eigenvalue weighted by atomic mass is 10.0. The summed E-state index contributed by atoms with van der Waals surface area (Å²) in [5, 5.41) is 11.5. The number of hydrogen-bond donors (Lipinski definition) is 4. The van der Waals surface area contributed by atoms with E-state index in [1.54, 1.807) is 37.4 Å². The Morgan fingerprint density at radius 2 is 1.98 bits per heavy atom. The number of likely N-dealkylation sites (N-methyl/N-ethyl adjacent to an activating group) is 1. The van der Waals surface area contributed by atoms with Crippen LogP contribution in [0.5, 0.6) is 5.75 Å². The van der Waals surface area contributed by atoms with Gasteiger partial charge in [-0.2, -0.15) is 0 Å². The number of nitrogens with zero attached hydrogens (tertiary/aromatic N) is 3. The van der Waals surface area contributed by atoms with Gasteiger partial charge in [-0.3, -0.25) is 19.4 Å². The number of ether oxygens (including phenoxy) is 1. The number of pyridine rings is 2. The molecule has 11 heteroatoms. The largest absolute Gasteiger partial charge is 0.494 e. The summed E-state index contributed by atoms with van der Waals surface area (Å²) < 4.78 is 5.77. The van der Waals surface area contributed by atoms with E-state index in [0.717, 1.165) is 22.4 Å². The van der Waals surface area contributed by atoms with E-state index < -0.39 is 0 Å². The van der Waals surface area contributed by atoms with Crippen LogP contribution in [0.15, 0.2) is 66.6 Å². The van der Waals surface area contributed by atoms with Crippen LogP contribution in [0.1, 0.15) is 27.2 Å². The molecule has 1 aliphatic rings. The lowest BCUT2D eigenvalue weighted by Gasteiger charge is -2.23. The third-order valence-electron chi connectivity index (χ3n) is 6.29. The Bertz CT molecular complexity index is 1500. The van der Waals surface area contributed by atoms with Crippen LogP contribution in [-0.4, -0.2) is 60.8 Å². The van der Waals surface area contributed by atoms with Gasteiger partial charge >= 0.3 is 0 Å². The highest BCUT2D eigenvalue weighted by molar-refractivity contribution is 6.01. The first-order valence-electron chi connectivity index (χ1n) is 12.5. The van der Waals surface area contributed by atoms with Crippen molar-refractivity contribution in [2.75, 3.05) is 38.4 Å². The second-order valence-electron chi connectivity index (χ2n) is 9.08. The molecule has 3 amide bonds. The molecule has 11 nitrogen and oxygen atoms in total. The summed E-state index contributed by atoms with van der Waals surface area (Å²) in [6, 6.07) is 11.0. The van der Waals surface area contributed by atoms with Gasteiger partial charge in [-0.25, -0.2) is 4.98 Å². The topological polar surface area (TPSA) is 138 Å². The maximum atomic E-state index is 13.0. The Morgan fingerprint density at radius 3 is 2.65 bits per heavy atom. The van der Waals surface area contributed by atoms with Gasteiger partial charge in [0.1, 0.15) is 17.3 Å². The molecule has 1 aliphatic heterocycles. The van der Waals surface area contributed by atoms with Crippen LogP contribution >= 0.6 is 0 Å². The van der Waals surface area contributed by atoms with Crippen LogP contribution in [0.25, 0.3) is 5.57 Å². The van der Waals surface area contributed by atoms with Crippen molar-refractivity contribution in [3.05, 3.63) is 89.0 Å². The van der Waals surface area contributed by atoms with E-state index in [9.17, 15) is 14.4 Å². The quantitative estimate of drug-likeness (QED) is 0.288. The van der Waals surface area contributed by atoms with Crippen molar-refractivity contribution in [2.24, 2.45) is 0 Å². The molecule has 0 aliphatic carbocycles. The van der Waals surface area contributed by atoms with Crippen molar-refractivity contribution >= 4 is 41.0 Å². The van der Waals surface area contributed by atoms with E-state index in [2.05, 4.69) is 31.2 Å². The number of allylic oxidation sites excluding steroid dienone is 2. The second kappa shape index (κ2) is 12.6. The van der Waals surface area contributed by atoms with E-state index in [4.69, 9.17) is 4.74 Å². The molecule has 206 valence electrons. The fourth-order valence-electron chi connectivity index (χ4n) is 4.30. The first kappa shape index (κ1) is 27.8. The maximum Gasteiger partial charge on any atom is 0.270 e. The fourth-order valence-corrected chi connectivity index (χ4v) is 4.30. The lowest BCUT2D eigenvalue weighted by molar-refractivity contribution is -0.126. The minimum absolute atomic E-state index is 0.139. The standard InChI is InChI=1S/C29H31N7O4/c1-18-10-11-31-20(12-18)16-36(3)29(39)24-9-8-19(14-32-24)21-6-5-7-23(27(21)40-4)35-25-13-26(34-17-37)33-15-22(25)28(38)30-2/h5-13,15,17,32H,14,16H2,1-4H3,(H,30,38)(H2,33,34,35,37). The Morgan fingerprint density at radius 1 is 1.15 bits per heavy atom. The van der Waals surface area contributed by atoms with E-state index in [1.165, 1.54) is 13.2 Å². The molecule has 1 aromatic carbocycles. The van der Waals surface area contributed by atoms with Crippen molar-refractivity contribution < 1.29 is 19.1 Å². The van der Waals surface area contributed by atoms with Crippen molar-refractivity contribution in [2.45, 2.75) is 13.5 Å². The fraction of sp³-hybridized carbons (Fsp3) is 0.207. The second-order valence-corrected chi connectivity index (χ2v) is 9.08. The number of aromatic nitrogens is 2. The van der Waals surface area contributed by atoms with Gasteiger partial charge in [0, 0.05) is 44.7 Å². The number of methoxy groups -OCH3 is 1. The number of carbonyl (C=O) groups is 3. The van der Waals surface area contributed by atoms with Crippen LogP contribution in [-0.2, 0) is 16.1 Å². The van der Waals surface area contributed by atoms with Gasteiger partial charge in [0.25, 0.3) is 11.8 Å². The van der Waals surface area contributed by atoms with Gasteiger partial charge in [0.05, 0.1) is 36.3 Å². The maximum absolute atomic E-state index is 13.0. The number of amides is 3. The summed E-state index contributed by atoms with van der Waals surface area (Å²) >= 11 is 0. The number of rotatable bonds is 10. The number of hydrogen-bond acceptors (Lipinski definition) is 8. The molecule has 0 saturated heterocycles. The van der Waals surface area contributed by atoms with Crippen molar-refractivity contribution in [1.82, 2.24) is 25.5 Å². The molecular formula is C29H31N7O4. The number of anilines is 3. The zero-order chi connectivity index (χ0) is 28.6. The van der Waals surface area contributed by atoms with Crippen LogP contribution in [0.2, 0.25) is 0 Å². The summed E-state index contributed by atoms with van der Waals surface area (Å²) in [6.45, 7) is 2.79. The molecule has 4 rings (SSSR count). The summed E-state index contributed by atoms with van der Waals surface area (Å²) in [6.07, 6.45) is 7.27. The van der Waals surface area contributed by atoms with E-state index in [-0.39, 0.29) is 17.6 Å². The summed E-state index contributed by atoms with van der Waals surface area (Å²) in [5.41, 5.74) is 5.43. The average molecular weight is 542 g/mol. The molecule has 0 radical (unpaired) electrons. The Kier molecular flexibility index (Phi) is 8.75. The van der Waals surface area contributed by atoms with Gasteiger partial charge in [-0.15, -0.1) is 0 Å². The average Bonchev–Trinajstić information content (AvgIpc) is 2.96. The molecule has 0 saturated carbocycles. The lowest BCUT2D eigenvalue weighted by Crippen LogP contribution is -2.35. The van der Waals surface area contributed by atoms with Gasteiger partial charge in [0.2, 0.25) is 6.41 Å². The number of aryl methyl sites for hydroxylation is 1. The minimum Gasteiger partial charge on any atom is -0.494 e. The smallest absolute Gasteiger partial charge is 0.270 e. The van der Waals surface area contributed by atoms with E-state index in [1.807, 2.05) is 43.3 Å². The van der Waals surface area contributed by atoms with E-state index in [0.29, 0.717) is 47.9 Å². The van der Waals surface area contributed by atoms with Crippen molar-refractivity contribution in [3.63, 3.8) is 0 Å². The van der Waals surface area contributed by atoms with Gasteiger partial charge in [0.15, 0.2) is 0 Å². The summed E-state index contributed by atoms with van der Waals surface area (Å²) in [7, 11) is 4.83. The number of carbonyl (C=O) groups excluding carboxylic acids is 3. The van der Waals surface area contributed by atoms with Gasteiger partial charge in [-0.05, 0) is 42.3 Å². The Balaban J connectivity index is 1.59. The highest BCUT2D eigenvalue weighted by Gasteiger charge is 2.21. The Hall–Kier alpha value is -5.19. The monoisotopic (exact) mass is 541 g/mol. The first-order valence-corrected chi connectivity index (χ1v) is 12.5. The molecule has 0 bridgehead atoms. The molecular weight excluding hydrogens is 510 g/mol. The van der Waals surface area contributed by atoms with Crippen molar-refractivity contribution in [1.29, 1.82) is 0 Å². The van der Waals surface area contributed by atoms with Crippen LogP contribution in [0.4, 0.5) is 17.2 Å². The highest BCUT2D eigenvalue weighted by Crippen LogP contribution is 2.37. The number of para-hydroxylation sites is 1. The molecule has 3 heterocycles. The molecule has 3 aromatic rings. The molecule has 0 fully saturated rings. The van der Waals surface area contributed by atoms with Gasteiger partial charge in [-0.1, -0.05) is 18.2 Å². The molecule has 2 aromatic heterocycles. The van der Waals surface area contributed by atoms with Gasteiger partial charge < -0.3 is 30.9 Å². The molecule has 0 atom stereocenters. The number of benzene rings is 1. The molecule has 0 spiro atoms. The number of dihydropyridines is 1. The Labute approximate surface area is 232 Å². The molecule has 40 heavy (non-hydrogen) atoms. The third kappa shape index (κ3) is 6.26. The van der Waals surface area contributed by atoms with Crippen molar-refractivity contribution in [3.8, 4) is 5.75 Å². The predicted molar refractivity (Wildman–Crippen MR) is 153 cm³/mol. The zero-order valence-electron chi connectivity index (χ0n) is 22.7. The number of nitrogens with one attached hydrogen (secondary N) is 4. The molecule has 0 unspecified atom stereocenters. The minimum atomic E-state index is -0.340. The molecule has 4 N–H and O–H groups in total. The predicted octanol–water partition coefficient (Wildman–Crippen LogP) is 2.99. The highest BCUT2D eigenvalue weighted by atomic mass is 16.5. The normalized spacial score (nSPS) is 12.3. The first-order chi connectivity index (χ1) is 19.3. The van der Waals surface area contributed by atoms with Crippen LogP contribution < -0.4 is 26.0 Å². The third-order valence-corrected chi connectivity index (χ3v) is 6.29. The summed E-state index contributed by atoms with van der Waals surface area (Å²) in [4.78, 5) is 46.5. The SMILES string of the molecule is CNC(=O)c1cnc(NC=O)cc1Nc1cccc(C2=CC=C(C(=O)N(C)Cc3cc(C)ccn3)NC2)c1OC. The van der Waals surface area contributed by atoms with Crippen LogP contribution in [0.3, 0.4) is 0 Å². The van der Waals surface area contributed by atoms with E-state index >= 15 is 0 Å². The zero-order valence-corrected chi connectivity index (χ0v) is 22.7. The van der Waals surface area contributed by atoms with Crippen LogP contribution in [0, 0.1) is 6.92 Å². The summed E-state index contributed by atoms with van der Waals surface area (Å²) in [5.74, 6) is 0.350.